The lowest BCUT2D eigenvalue weighted by Gasteiger charge is -2.23. The summed E-state index contributed by atoms with van der Waals surface area (Å²) in [5, 5.41) is 6.56. The van der Waals surface area contributed by atoms with Crippen LogP contribution in [0.4, 0.5) is 0 Å². The van der Waals surface area contributed by atoms with Crippen molar-refractivity contribution in [3.05, 3.63) is 40.3 Å². The van der Waals surface area contributed by atoms with E-state index in [-0.39, 0.29) is 6.10 Å². The summed E-state index contributed by atoms with van der Waals surface area (Å²) >= 11 is 3.45. The van der Waals surface area contributed by atoms with E-state index in [1.54, 1.807) is 25.6 Å². The minimum Gasteiger partial charge on any atom is -0.496 e. The molecule has 0 spiro atoms. The number of hydrogen-bond acceptors (Lipinski definition) is 6. The van der Waals surface area contributed by atoms with E-state index >= 15 is 0 Å². The first-order valence-electron chi connectivity index (χ1n) is 9.63. The molecule has 0 saturated heterocycles. The van der Waals surface area contributed by atoms with E-state index in [1.165, 1.54) is 4.90 Å². The van der Waals surface area contributed by atoms with E-state index in [0.717, 1.165) is 34.7 Å². The Kier molecular flexibility index (Phi) is 9.76. The van der Waals surface area contributed by atoms with E-state index in [2.05, 4.69) is 38.6 Å². The molecular weight excluding hydrogens is 404 g/mol. The minimum absolute atomic E-state index is 0.0260. The molecule has 6 nitrogen and oxygen atoms in total. The van der Waals surface area contributed by atoms with E-state index in [1.807, 2.05) is 51.0 Å². The molecule has 0 amide bonds. The number of nitrogens with zero attached hydrogens (tertiary/aromatic N) is 3. The zero-order chi connectivity index (χ0) is 21.2. The van der Waals surface area contributed by atoms with Crippen LogP contribution in [-0.4, -0.2) is 56.5 Å². The molecule has 0 bridgehead atoms. The normalized spacial score (nSPS) is 13.8. The number of aromatic nitrogens is 1. The molecule has 2 unspecified atom stereocenters. The zero-order valence-corrected chi connectivity index (χ0v) is 19.8. The molecule has 160 valence electrons. The molecule has 1 heterocycles. The largest absolute Gasteiger partial charge is 0.496 e. The molecule has 0 aliphatic carbocycles. The van der Waals surface area contributed by atoms with Crippen molar-refractivity contribution >= 4 is 29.1 Å². The maximum absolute atomic E-state index is 5.43. The molecule has 0 aliphatic heterocycles. The number of aliphatic imine (C=N–C) groups is 1. The molecule has 1 N–H and O–H groups in total. The first-order valence-corrected chi connectivity index (χ1v) is 11.5. The Bertz CT molecular complexity index is 782. The smallest absolute Gasteiger partial charge is 0.193 e. The van der Waals surface area contributed by atoms with Crippen molar-refractivity contribution in [2.24, 2.45) is 10.9 Å². The van der Waals surface area contributed by atoms with Crippen molar-refractivity contribution in [1.82, 2.24) is 15.2 Å². The Morgan fingerprint density at radius 2 is 2.07 bits per heavy atom. The average Bonchev–Trinajstić information content (AvgIpc) is 3.20. The monoisotopic (exact) mass is 436 g/mol. The Labute approximate surface area is 182 Å². The van der Waals surface area contributed by atoms with Gasteiger partial charge in [0.25, 0.3) is 0 Å². The van der Waals surface area contributed by atoms with Crippen molar-refractivity contribution in [2.45, 2.75) is 31.4 Å². The fourth-order valence-electron chi connectivity index (χ4n) is 2.68. The topological polar surface area (TPSA) is 59.0 Å². The van der Waals surface area contributed by atoms with Gasteiger partial charge >= 0.3 is 0 Å². The van der Waals surface area contributed by atoms with Gasteiger partial charge in [0, 0.05) is 43.8 Å². The second kappa shape index (κ2) is 12.0. The fourth-order valence-corrected chi connectivity index (χ4v) is 4.57. The zero-order valence-electron chi connectivity index (χ0n) is 18.1. The number of guanidine groups is 1. The summed E-state index contributed by atoms with van der Waals surface area (Å²) in [7, 11) is 7.26. The maximum atomic E-state index is 5.43. The second-order valence-electron chi connectivity index (χ2n) is 6.91. The fraction of sp³-hybridized carbons (Fsp3) is 0.524. The van der Waals surface area contributed by atoms with E-state index in [9.17, 15) is 0 Å². The van der Waals surface area contributed by atoms with Crippen molar-refractivity contribution < 1.29 is 9.47 Å². The van der Waals surface area contributed by atoms with Crippen LogP contribution in [0.25, 0.3) is 0 Å². The first kappa shape index (κ1) is 23.5. The highest BCUT2D eigenvalue weighted by molar-refractivity contribution is 7.99. The summed E-state index contributed by atoms with van der Waals surface area (Å²) in [6, 6.07) is 8.14. The molecule has 8 heteroatoms. The molecule has 2 atom stereocenters. The summed E-state index contributed by atoms with van der Waals surface area (Å²) < 4.78 is 10.8. The number of thioether (sulfide) groups is 1. The Hall–Kier alpha value is -1.77. The molecule has 2 rings (SSSR count). The number of ether oxygens (including phenoxy) is 2. The summed E-state index contributed by atoms with van der Waals surface area (Å²) in [5.41, 5.74) is 1.03. The summed E-state index contributed by atoms with van der Waals surface area (Å²) in [6.07, 6.45) is 0.0260. The highest BCUT2D eigenvalue weighted by Crippen LogP contribution is 2.29. The third-order valence-electron chi connectivity index (χ3n) is 4.44. The standard InChI is InChI=1S/C21H32N4O2S2/c1-15(13-28-19-10-8-7-9-18(19)27-6)11-23-21(22-3)25(4)12-17-14-29-20(24-17)16(2)26-5/h7-10,14-16H,11-13H2,1-6H3,(H,22,23). The molecule has 0 saturated carbocycles. The number of methoxy groups -OCH3 is 2. The molecule has 0 radical (unpaired) electrons. The lowest BCUT2D eigenvalue weighted by atomic mass is 10.2. The highest BCUT2D eigenvalue weighted by Gasteiger charge is 2.14. The second-order valence-corrected chi connectivity index (χ2v) is 8.86. The van der Waals surface area contributed by atoms with Gasteiger partial charge in [-0.15, -0.1) is 23.1 Å². The minimum atomic E-state index is 0.0260. The number of rotatable bonds is 10. The van der Waals surface area contributed by atoms with Gasteiger partial charge < -0.3 is 19.7 Å². The average molecular weight is 437 g/mol. The van der Waals surface area contributed by atoms with Crippen molar-refractivity contribution in [1.29, 1.82) is 0 Å². The van der Waals surface area contributed by atoms with Gasteiger partial charge in [0.05, 0.1) is 19.3 Å². The Balaban J connectivity index is 1.82. The van der Waals surface area contributed by atoms with Gasteiger partial charge in [-0.2, -0.15) is 0 Å². The lowest BCUT2D eigenvalue weighted by molar-refractivity contribution is 0.119. The number of nitrogens with one attached hydrogen (secondary N) is 1. The van der Waals surface area contributed by atoms with Crippen LogP contribution >= 0.6 is 23.1 Å². The number of thiazole rings is 1. The van der Waals surface area contributed by atoms with Crippen LogP contribution < -0.4 is 10.1 Å². The van der Waals surface area contributed by atoms with Gasteiger partial charge in [-0.05, 0) is 25.0 Å². The lowest BCUT2D eigenvalue weighted by Crippen LogP contribution is -2.40. The Morgan fingerprint density at radius 1 is 1.31 bits per heavy atom. The van der Waals surface area contributed by atoms with Crippen LogP contribution in [0.5, 0.6) is 5.75 Å². The van der Waals surface area contributed by atoms with Gasteiger partial charge in [-0.3, -0.25) is 4.99 Å². The van der Waals surface area contributed by atoms with E-state index in [4.69, 9.17) is 9.47 Å². The van der Waals surface area contributed by atoms with Crippen LogP contribution in [0.1, 0.15) is 30.7 Å². The van der Waals surface area contributed by atoms with Crippen LogP contribution in [0.15, 0.2) is 39.5 Å². The predicted octanol–water partition coefficient (Wildman–Crippen LogP) is 4.29. The predicted molar refractivity (Wildman–Crippen MR) is 123 cm³/mol. The van der Waals surface area contributed by atoms with Crippen LogP contribution in [0.3, 0.4) is 0 Å². The number of para-hydroxylation sites is 1. The number of benzene rings is 1. The van der Waals surface area contributed by atoms with Crippen molar-refractivity contribution in [3.8, 4) is 5.75 Å². The molecule has 2 aromatic rings. The van der Waals surface area contributed by atoms with Gasteiger partial charge in [-0.25, -0.2) is 4.98 Å². The van der Waals surface area contributed by atoms with Crippen molar-refractivity contribution in [2.75, 3.05) is 40.6 Å². The molecule has 29 heavy (non-hydrogen) atoms. The van der Waals surface area contributed by atoms with Gasteiger partial charge in [0.1, 0.15) is 16.9 Å². The van der Waals surface area contributed by atoms with Gasteiger partial charge in [0.2, 0.25) is 0 Å². The van der Waals surface area contributed by atoms with Gasteiger partial charge in [-0.1, -0.05) is 19.1 Å². The number of hydrogen-bond donors (Lipinski definition) is 1. The third-order valence-corrected chi connectivity index (χ3v) is 6.88. The first-order chi connectivity index (χ1) is 14.0. The third kappa shape index (κ3) is 7.21. The van der Waals surface area contributed by atoms with E-state index in [0.29, 0.717) is 12.5 Å². The van der Waals surface area contributed by atoms with Crippen LogP contribution in [0.2, 0.25) is 0 Å². The molecule has 1 aromatic carbocycles. The highest BCUT2D eigenvalue weighted by atomic mass is 32.2. The molecular formula is C21H32N4O2S2. The SMILES string of the molecule is CN=C(NCC(C)CSc1ccccc1OC)N(C)Cc1csc(C(C)OC)n1. The summed E-state index contributed by atoms with van der Waals surface area (Å²) in [6.45, 7) is 5.80. The van der Waals surface area contributed by atoms with Gasteiger partial charge in [0.15, 0.2) is 5.96 Å². The van der Waals surface area contributed by atoms with Crippen LogP contribution in [0, 0.1) is 5.92 Å². The molecule has 0 aliphatic rings. The summed E-state index contributed by atoms with van der Waals surface area (Å²) in [5.74, 6) is 3.27. The Morgan fingerprint density at radius 3 is 2.76 bits per heavy atom. The quantitative estimate of drug-likeness (QED) is 0.341. The summed E-state index contributed by atoms with van der Waals surface area (Å²) in [4.78, 5) is 12.3. The molecule has 0 fully saturated rings. The van der Waals surface area contributed by atoms with Crippen LogP contribution in [-0.2, 0) is 11.3 Å². The molecule has 1 aromatic heterocycles. The maximum Gasteiger partial charge on any atom is 0.193 e. The van der Waals surface area contributed by atoms with E-state index < -0.39 is 0 Å². The van der Waals surface area contributed by atoms with Crippen molar-refractivity contribution in [3.63, 3.8) is 0 Å².